The highest BCUT2D eigenvalue weighted by Gasteiger charge is 2.23. The second-order valence-corrected chi connectivity index (χ2v) is 7.68. The number of aromatic hydroxyl groups is 1. The molecule has 0 bridgehead atoms. The van der Waals surface area contributed by atoms with Crippen molar-refractivity contribution >= 4 is 17.0 Å². The summed E-state index contributed by atoms with van der Waals surface area (Å²) in [5, 5.41) is 19.9. The van der Waals surface area contributed by atoms with E-state index < -0.39 is 0 Å². The van der Waals surface area contributed by atoms with Crippen LogP contribution in [0.3, 0.4) is 0 Å². The lowest BCUT2D eigenvalue weighted by atomic mass is 9.84. The molecular weight excluding hydrogens is 342 g/mol. The highest BCUT2D eigenvalue weighted by Crippen LogP contribution is 2.36. The first kappa shape index (κ1) is 18.9. The van der Waals surface area contributed by atoms with Crippen molar-refractivity contribution in [1.82, 2.24) is 15.0 Å². The zero-order valence-corrected chi connectivity index (χ0v) is 16.2. The summed E-state index contributed by atoms with van der Waals surface area (Å²) < 4.78 is 5.02. The van der Waals surface area contributed by atoms with E-state index in [9.17, 15) is 9.90 Å². The van der Waals surface area contributed by atoms with Crippen molar-refractivity contribution in [2.45, 2.75) is 46.0 Å². The van der Waals surface area contributed by atoms with Crippen LogP contribution < -0.4 is 0 Å². The SMILES string of the molecule is CC(=O)OCCCc1cc(-n2nc3ccccc3n2)c(O)c(C(C)(C)C)c1. The van der Waals surface area contributed by atoms with E-state index in [1.807, 2.05) is 36.4 Å². The standard InChI is InChI=1S/C21H25N3O3/c1-14(25)27-11-7-8-15-12-16(21(2,3)4)20(26)19(13-15)24-22-17-9-5-6-10-18(17)23-24/h5-6,9-10,12-13,26H,7-8,11H2,1-4H3. The first-order valence-electron chi connectivity index (χ1n) is 9.08. The number of rotatable bonds is 5. The summed E-state index contributed by atoms with van der Waals surface area (Å²) >= 11 is 0. The molecule has 1 aromatic heterocycles. The fraction of sp³-hybridized carbons (Fsp3) is 0.381. The zero-order valence-electron chi connectivity index (χ0n) is 16.2. The number of hydrogen-bond donors (Lipinski definition) is 1. The van der Waals surface area contributed by atoms with Gasteiger partial charge in [0.2, 0.25) is 0 Å². The molecule has 0 aliphatic carbocycles. The Morgan fingerprint density at radius 2 is 1.78 bits per heavy atom. The normalized spacial score (nSPS) is 11.7. The summed E-state index contributed by atoms with van der Waals surface area (Å²) in [6.45, 7) is 7.95. The summed E-state index contributed by atoms with van der Waals surface area (Å²) in [7, 11) is 0. The van der Waals surface area contributed by atoms with Crippen molar-refractivity contribution in [2.24, 2.45) is 0 Å². The van der Waals surface area contributed by atoms with Gasteiger partial charge in [0.15, 0.2) is 0 Å². The molecule has 0 radical (unpaired) electrons. The molecule has 0 aliphatic heterocycles. The van der Waals surface area contributed by atoms with Gasteiger partial charge in [-0.15, -0.1) is 15.0 Å². The van der Waals surface area contributed by atoms with Crippen molar-refractivity contribution in [1.29, 1.82) is 0 Å². The van der Waals surface area contributed by atoms with Crippen LogP contribution in [0.2, 0.25) is 0 Å². The van der Waals surface area contributed by atoms with Gasteiger partial charge in [-0.05, 0) is 42.0 Å². The van der Waals surface area contributed by atoms with Gasteiger partial charge < -0.3 is 9.84 Å². The molecule has 1 heterocycles. The molecule has 0 saturated heterocycles. The molecule has 0 unspecified atom stereocenters. The number of phenols is 1. The van der Waals surface area contributed by atoms with Crippen LogP contribution in [0.4, 0.5) is 0 Å². The van der Waals surface area contributed by atoms with Crippen molar-refractivity contribution in [3.8, 4) is 11.4 Å². The van der Waals surface area contributed by atoms with Gasteiger partial charge in [0.25, 0.3) is 0 Å². The Balaban J connectivity index is 2.00. The molecule has 1 N–H and O–H groups in total. The number of aryl methyl sites for hydroxylation is 1. The largest absolute Gasteiger partial charge is 0.505 e. The van der Waals surface area contributed by atoms with E-state index in [1.54, 1.807) is 0 Å². The molecule has 0 amide bonds. The molecule has 0 saturated carbocycles. The number of carbonyl (C=O) groups is 1. The molecule has 6 heteroatoms. The van der Waals surface area contributed by atoms with Crippen molar-refractivity contribution in [3.63, 3.8) is 0 Å². The van der Waals surface area contributed by atoms with Crippen LogP contribution >= 0.6 is 0 Å². The zero-order chi connectivity index (χ0) is 19.6. The number of nitrogens with zero attached hydrogens (tertiary/aromatic N) is 3. The minimum absolute atomic E-state index is 0.187. The van der Waals surface area contributed by atoms with Crippen LogP contribution in [0.15, 0.2) is 36.4 Å². The summed E-state index contributed by atoms with van der Waals surface area (Å²) in [5.41, 5.74) is 3.74. The Morgan fingerprint density at radius 1 is 1.15 bits per heavy atom. The maximum Gasteiger partial charge on any atom is 0.302 e. The first-order chi connectivity index (χ1) is 12.8. The van der Waals surface area contributed by atoms with Gasteiger partial charge in [0, 0.05) is 12.5 Å². The number of aromatic nitrogens is 3. The summed E-state index contributed by atoms with van der Waals surface area (Å²) in [5.74, 6) is -0.0873. The van der Waals surface area contributed by atoms with Crippen molar-refractivity contribution in [3.05, 3.63) is 47.5 Å². The molecule has 6 nitrogen and oxygen atoms in total. The minimum atomic E-state index is -0.274. The molecule has 3 rings (SSSR count). The highest BCUT2D eigenvalue weighted by atomic mass is 16.5. The van der Waals surface area contributed by atoms with Gasteiger partial charge in [0.1, 0.15) is 22.5 Å². The van der Waals surface area contributed by atoms with Crippen LogP contribution in [0, 0.1) is 0 Å². The Kier molecular flexibility index (Phi) is 5.17. The first-order valence-corrected chi connectivity index (χ1v) is 9.08. The number of carbonyl (C=O) groups excluding carboxylic acids is 1. The van der Waals surface area contributed by atoms with Gasteiger partial charge in [-0.3, -0.25) is 4.79 Å². The fourth-order valence-corrected chi connectivity index (χ4v) is 3.01. The third kappa shape index (κ3) is 4.27. The van der Waals surface area contributed by atoms with Crippen molar-refractivity contribution in [2.75, 3.05) is 6.61 Å². The Labute approximate surface area is 158 Å². The predicted molar refractivity (Wildman–Crippen MR) is 104 cm³/mol. The van der Waals surface area contributed by atoms with Gasteiger partial charge in [0.05, 0.1) is 6.61 Å². The Bertz CT molecular complexity index is 937. The smallest absolute Gasteiger partial charge is 0.302 e. The average Bonchev–Trinajstić information content (AvgIpc) is 3.02. The monoisotopic (exact) mass is 367 g/mol. The van der Waals surface area contributed by atoms with E-state index in [1.165, 1.54) is 11.7 Å². The van der Waals surface area contributed by atoms with Gasteiger partial charge in [-0.1, -0.05) is 39.0 Å². The molecule has 2 aromatic carbocycles. The summed E-state index contributed by atoms with van der Waals surface area (Å²) in [6.07, 6.45) is 1.44. The topological polar surface area (TPSA) is 77.2 Å². The second kappa shape index (κ2) is 7.39. The van der Waals surface area contributed by atoms with E-state index in [0.717, 1.165) is 28.6 Å². The Hall–Kier alpha value is -2.89. The second-order valence-electron chi connectivity index (χ2n) is 7.68. The molecule has 0 aliphatic rings. The van der Waals surface area contributed by atoms with Crippen LogP contribution in [-0.4, -0.2) is 32.7 Å². The van der Waals surface area contributed by atoms with E-state index in [4.69, 9.17) is 4.74 Å². The molecule has 0 atom stereocenters. The maximum absolute atomic E-state index is 10.9. The molecular formula is C21H25N3O3. The van der Waals surface area contributed by atoms with Gasteiger partial charge >= 0.3 is 5.97 Å². The summed E-state index contributed by atoms with van der Waals surface area (Å²) in [6, 6.07) is 11.5. The molecule has 0 spiro atoms. The quantitative estimate of drug-likeness (QED) is 0.546. The average molecular weight is 367 g/mol. The molecule has 0 fully saturated rings. The van der Waals surface area contributed by atoms with Gasteiger partial charge in [-0.2, -0.15) is 0 Å². The predicted octanol–water partition coefficient (Wildman–Crippen LogP) is 3.92. The number of ether oxygens (including phenoxy) is 1. The van der Waals surface area contributed by atoms with Crippen molar-refractivity contribution < 1.29 is 14.6 Å². The number of benzene rings is 2. The van der Waals surface area contributed by atoms with Crippen LogP contribution in [0.1, 0.15) is 45.2 Å². The molecule has 3 aromatic rings. The number of fused-ring (bicyclic) bond motifs is 1. The van der Waals surface area contributed by atoms with Crippen LogP contribution in [0.5, 0.6) is 5.75 Å². The third-order valence-corrected chi connectivity index (χ3v) is 4.37. The Morgan fingerprint density at radius 3 is 2.33 bits per heavy atom. The number of hydrogen-bond acceptors (Lipinski definition) is 5. The number of phenolic OH excluding ortho intramolecular Hbond substituents is 1. The third-order valence-electron chi connectivity index (χ3n) is 4.37. The van der Waals surface area contributed by atoms with Crippen LogP contribution in [-0.2, 0) is 21.4 Å². The molecule has 142 valence electrons. The van der Waals surface area contributed by atoms with Crippen LogP contribution in [0.25, 0.3) is 16.7 Å². The minimum Gasteiger partial charge on any atom is -0.505 e. The summed E-state index contributed by atoms with van der Waals surface area (Å²) in [4.78, 5) is 12.4. The maximum atomic E-state index is 10.9. The lowest BCUT2D eigenvalue weighted by Gasteiger charge is -2.23. The molecule has 27 heavy (non-hydrogen) atoms. The lowest BCUT2D eigenvalue weighted by molar-refractivity contribution is -0.141. The highest BCUT2D eigenvalue weighted by molar-refractivity contribution is 5.73. The fourth-order valence-electron chi connectivity index (χ4n) is 3.01. The van der Waals surface area contributed by atoms with E-state index in [0.29, 0.717) is 18.7 Å². The van der Waals surface area contributed by atoms with E-state index >= 15 is 0 Å². The van der Waals surface area contributed by atoms with Gasteiger partial charge in [-0.25, -0.2) is 0 Å². The lowest BCUT2D eigenvalue weighted by Crippen LogP contribution is -2.14. The number of esters is 1. The van der Waals surface area contributed by atoms with E-state index in [-0.39, 0.29) is 17.1 Å². The van der Waals surface area contributed by atoms with E-state index in [2.05, 4.69) is 31.0 Å².